The molecule has 0 aromatic carbocycles. The van der Waals surface area contributed by atoms with Gasteiger partial charge >= 0.3 is 24.4 Å². The summed E-state index contributed by atoms with van der Waals surface area (Å²) in [6, 6.07) is 0. The smallest absolute Gasteiger partial charge is 0.409 e. The van der Waals surface area contributed by atoms with Gasteiger partial charge in [0.1, 0.15) is 26.4 Å². The summed E-state index contributed by atoms with van der Waals surface area (Å²) in [5.41, 5.74) is 0. The van der Waals surface area contributed by atoms with Crippen LogP contribution in [0.4, 0.5) is 19.2 Å². The van der Waals surface area contributed by atoms with E-state index in [9.17, 15) is 57.5 Å². The van der Waals surface area contributed by atoms with Gasteiger partial charge in [0.15, 0.2) is 20.4 Å². The Labute approximate surface area is 882 Å². The van der Waals surface area contributed by atoms with Crippen molar-refractivity contribution in [2.45, 2.75) is 205 Å². The summed E-state index contributed by atoms with van der Waals surface area (Å²) < 4.78 is 32.9. The summed E-state index contributed by atoms with van der Waals surface area (Å²) in [5, 5.41) is 58.0. The van der Waals surface area contributed by atoms with Gasteiger partial charge < -0.3 is 133 Å². The Kier molecular flexibility index (Phi) is 97.7. The predicted octanol–water partition coefficient (Wildman–Crippen LogP) is 6.58. The third kappa shape index (κ3) is 91.7. The lowest BCUT2D eigenvalue weighted by molar-refractivity contribution is -0.122. The number of isothiocyanates is 4. The fraction of sp³-hybridized carbons (Fsp3) is 0.773. The zero-order chi connectivity index (χ0) is 102. The highest BCUT2D eigenvalue weighted by molar-refractivity contribution is 14.0. The molecule has 16 N–H and O–H groups in total. The lowest BCUT2D eigenvalue weighted by Gasteiger charge is -2.23. The molecular weight excluding hydrogens is 2060 g/mol. The summed E-state index contributed by atoms with van der Waals surface area (Å²) >= 11 is 38.5. The maximum Gasteiger partial charge on any atom is 0.409 e. The molecule has 0 bridgehead atoms. The number of thiocarbonyl (C=S) groups is 8. The van der Waals surface area contributed by atoms with E-state index in [4.69, 9.17) is 77.3 Å². The van der Waals surface area contributed by atoms with Crippen LogP contribution in [-0.2, 0) is 66.8 Å². The number of nitrogens with one attached hydrogen (secondary N) is 16. The van der Waals surface area contributed by atoms with Crippen LogP contribution in [-0.4, -0.2) is 370 Å². The second-order valence-electron chi connectivity index (χ2n) is 30.8. The van der Waals surface area contributed by atoms with E-state index in [2.05, 4.69) is 175 Å². The van der Waals surface area contributed by atoms with Gasteiger partial charge in [-0.15, -0.1) is 24.0 Å². The van der Waals surface area contributed by atoms with Crippen molar-refractivity contribution < 1.29 is 86.0 Å². The number of carbonyl (C=O) groups excluding carboxylic acids is 12. The first-order valence-corrected chi connectivity index (χ1v) is 51.1. The Hall–Kier alpha value is -8.55. The van der Waals surface area contributed by atoms with Crippen molar-refractivity contribution >= 4 is 234 Å². The van der Waals surface area contributed by atoms with Crippen molar-refractivity contribution in [1.29, 1.82) is 0 Å². The van der Waals surface area contributed by atoms with Gasteiger partial charge in [-0.2, -0.15) is 0 Å². The first-order chi connectivity index (χ1) is 66.9. The Morgan fingerprint density at radius 3 is 0.532 bits per heavy atom. The number of unbranched alkanes of at least 4 members (excludes halogenated alkanes) is 16. The van der Waals surface area contributed by atoms with Crippen molar-refractivity contribution in [2.24, 2.45) is 20.0 Å². The van der Waals surface area contributed by atoms with Crippen LogP contribution in [0.2, 0.25) is 0 Å². The molecule has 0 unspecified atom stereocenters. The quantitative estimate of drug-likeness (QED) is 0.0100. The number of aliphatic imine (C=N–C) groups is 4. The molecule has 0 spiro atoms. The summed E-state index contributed by atoms with van der Waals surface area (Å²) in [7, 11) is 7.00. The number of nitrogens with zero attached hydrogens (tertiary/aromatic N) is 8. The van der Waals surface area contributed by atoms with Crippen LogP contribution in [0.1, 0.15) is 205 Å². The van der Waals surface area contributed by atoms with Crippen molar-refractivity contribution in [3.05, 3.63) is 0 Å². The molecule has 0 saturated heterocycles. The number of rotatable bonds is 84. The van der Waals surface area contributed by atoms with Crippen LogP contribution >= 0.6 is 122 Å². The standard InChI is InChI=1S/C46H88N14O9S4.C42H68N10O9S4.HI/c1-47-41(70)55-21-13-5-9-17-37(61)51-25-29-59(30-26-52-38(62)18-10-6-14-22-56-42(71)48-2)45(65)68-35-33-67-34-36-69-46(66)60(31-27-53-39(63)19-11-7-15-23-57-43(72)49-3)32-28-54-40(64)20-12-8-16-24-58-44(73)50-4;53-37(13-5-1-9-17-43-33-62)47-21-25-51(26-22-48-38(54)14-6-2-10-18-44-34-63)41(57)60-31-29-59-30-32-61-42(58)52(27-23-49-39(55)15-7-3-11-19-45-35-64)28-24-50-40(56)16-8-4-12-20-46-36-65;/h5-36H2,1-4H3,(H,51,61)(H,52,62)(H,53,63)(H,54,64)(H2,47,55,70)(H2,48,56,71)(H2,49,57,72)(H2,50,58,73);1-32H2,(H,47,53)(H,48,54)(H,49,55)(H,50,56);1H. The van der Waals surface area contributed by atoms with Gasteiger partial charge in [-0.3, -0.25) is 38.4 Å². The number of amides is 12. The zero-order valence-electron chi connectivity index (χ0n) is 81.9. The van der Waals surface area contributed by atoms with E-state index in [1.807, 2.05) is 0 Å². The molecule has 0 heterocycles. The highest BCUT2D eigenvalue weighted by Gasteiger charge is 2.22. The van der Waals surface area contributed by atoms with Crippen molar-refractivity contribution in [3.63, 3.8) is 0 Å². The second-order valence-corrected chi connectivity index (χ2v) is 33.2. The highest BCUT2D eigenvalue weighted by Crippen LogP contribution is 2.09. The third-order valence-corrected chi connectivity index (χ3v) is 21.7. The maximum absolute atomic E-state index is 13.2. The Bertz CT molecular complexity index is 3230. The fourth-order valence-electron chi connectivity index (χ4n) is 12.2. The molecule has 51 heteroatoms. The normalized spacial score (nSPS) is 10.2. The molecule has 0 fully saturated rings. The number of ether oxygens (including phenoxy) is 6. The molecule has 0 aliphatic heterocycles. The van der Waals surface area contributed by atoms with Crippen LogP contribution in [0, 0.1) is 0 Å². The SMILES string of the molecule is CNC(=S)NCCCCCC(=O)NCCN(CCNC(=O)CCCCCNC(=S)NC)C(=O)OCCOCCOC(=O)N(CCNC(=O)CCCCCNC(=S)NC)CCNC(=O)CCCCCNC(=S)NC.I.O=C(CCCCCN=C=S)NCCN(CCNC(=O)CCCCCN=C=S)C(=O)OCCOCCOC(=O)N(CCNC(=O)CCCCCN=C=S)CCNC(=O)CCCCCN=C=S. The molecule has 792 valence electrons. The van der Waals surface area contributed by atoms with Gasteiger partial charge in [0.2, 0.25) is 47.3 Å². The zero-order valence-corrected chi connectivity index (χ0v) is 90.7. The van der Waals surface area contributed by atoms with E-state index in [1.54, 1.807) is 28.2 Å². The number of hydrogen-bond donors (Lipinski definition) is 16. The van der Waals surface area contributed by atoms with Gasteiger partial charge in [-0.25, -0.2) is 39.1 Å². The molecule has 139 heavy (non-hydrogen) atoms. The molecule has 42 nitrogen and oxygen atoms in total. The number of halogens is 1. The molecular formula is C88H157IN24O18S8. The average molecular weight is 2220 g/mol. The maximum atomic E-state index is 13.2. The van der Waals surface area contributed by atoms with E-state index < -0.39 is 24.4 Å². The van der Waals surface area contributed by atoms with E-state index in [-0.39, 0.29) is 229 Å². The molecule has 12 amide bonds. The largest absolute Gasteiger partial charge is 0.447 e. The highest BCUT2D eigenvalue weighted by atomic mass is 127. The van der Waals surface area contributed by atoms with Crippen molar-refractivity contribution in [1.82, 2.24) is 105 Å². The van der Waals surface area contributed by atoms with Crippen LogP contribution in [0.25, 0.3) is 0 Å². The number of hydrogen-bond acceptors (Lipinski definition) is 30. The second kappa shape index (κ2) is 101. The minimum atomic E-state index is -0.648. The van der Waals surface area contributed by atoms with E-state index in [0.717, 1.165) is 103 Å². The van der Waals surface area contributed by atoms with Gasteiger partial charge in [0, 0.05) is 237 Å². The van der Waals surface area contributed by atoms with Gasteiger partial charge in [-0.1, -0.05) is 51.4 Å². The van der Waals surface area contributed by atoms with Gasteiger partial charge in [-0.05, 0) is 200 Å². The van der Waals surface area contributed by atoms with E-state index in [1.165, 1.54) is 19.6 Å². The monoisotopic (exact) mass is 2220 g/mol. The molecule has 0 aromatic heterocycles. The van der Waals surface area contributed by atoms with Gasteiger partial charge in [0.25, 0.3) is 0 Å². The summed E-state index contributed by atoms with van der Waals surface area (Å²) in [6.45, 7) is 7.61. The van der Waals surface area contributed by atoms with Gasteiger partial charge in [0.05, 0.1) is 47.1 Å². The lowest BCUT2D eigenvalue weighted by atomic mass is 10.2. The Balaban J connectivity index is -0.00000266. The minimum absolute atomic E-state index is 0. The summed E-state index contributed by atoms with van der Waals surface area (Å²) in [5.74, 6) is -1.09. The minimum Gasteiger partial charge on any atom is -0.447 e. The third-order valence-electron chi connectivity index (χ3n) is 19.8. The van der Waals surface area contributed by atoms with Crippen LogP contribution in [0.3, 0.4) is 0 Å². The predicted molar refractivity (Wildman–Crippen MR) is 579 cm³/mol. The summed E-state index contributed by atoms with van der Waals surface area (Å²) in [4.78, 5) is 173. The van der Waals surface area contributed by atoms with Crippen LogP contribution in [0.15, 0.2) is 20.0 Å². The molecule has 0 radical (unpaired) electrons. The summed E-state index contributed by atoms with van der Waals surface area (Å²) in [6.07, 6.45) is 19.1. The van der Waals surface area contributed by atoms with Crippen LogP contribution < -0.4 is 85.1 Å². The molecule has 0 aliphatic rings. The average Bonchev–Trinajstić information content (AvgIpc) is 0.940. The Morgan fingerprint density at radius 2 is 0.381 bits per heavy atom. The van der Waals surface area contributed by atoms with E-state index in [0.29, 0.717) is 176 Å². The van der Waals surface area contributed by atoms with Crippen LogP contribution in [0.5, 0.6) is 0 Å². The van der Waals surface area contributed by atoms with Crippen molar-refractivity contribution in [2.75, 3.05) is 238 Å². The lowest BCUT2D eigenvalue weighted by Crippen LogP contribution is -2.43. The molecule has 0 atom stereocenters. The van der Waals surface area contributed by atoms with Crippen molar-refractivity contribution in [3.8, 4) is 0 Å². The molecule has 0 rings (SSSR count). The number of carbonyl (C=O) groups is 12. The fourth-order valence-corrected chi connectivity index (χ4v) is 12.9. The molecule has 0 saturated carbocycles. The van der Waals surface area contributed by atoms with E-state index >= 15 is 0 Å². The topological polar surface area (TPSA) is 515 Å². The molecule has 0 aliphatic carbocycles. The molecule has 0 aromatic rings. The first-order valence-electron chi connectivity index (χ1n) is 47.9. The first kappa shape index (κ1) is 135. The Morgan fingerprint density at radius 1 is 0.223 bits per heavy atom.